The molecule has 1 aliphatic rings. The van der Waals surface area contributed by atoms with Gasteiger partial charge in [0, 0.05) is 13.1 Å². The van der Waals surface area contributed by atoms with Crippen LogP contribution in [0.1, 0.15) is 24.8 Å². The molecular formula is C22H29N3O6S2. The average Bonchev–Trinajstić information content (AvgIpc) is 2.78. The van der Waals surface area contributed by atoms with E-state index in [1.54, 1.807) is 31.2 Å². The number of para-hydroxylation sites is 1. The molecule has 1 amide bonds. The second-order valence-electron chi connectivity index (χ2n) is 7.93. The highest BCUT2D eigenvalue weighted by Crippen LogP contribution is 2.30. The number of carbonyl (C=O) groups is 1. The van der Waals surface area contributed by atoms with Crippen LogP contribution in [0.15, 0.2) is 47.4 Å². The van der Waals surface area contributed by atoms with Gasteiger partial charge in [0.05, 0.1) is 29.6 Å². The van der Waals surface area contributed by atoms with Crippen molar-refractivity contribution in [3.05, 3.63) is 48.0 Å². The Morgan fingerprint density at radius 1 is 1.06 bits per heavy atom. The standard InChI is InChI=1S/C22H29N3O6S2/c1-17-9-5-6-10-20(17)25(32(3,27)28)16-22(26)23-19-15-18(11-12-21(19)31-2)33(29,30)24-13-7-4-8-14-24/h5-6,9-12,15H,4,7-8,13-14,16H2,1-3H3,(H,23,26). The highest BCUT2D eigenvalue weighted by atomic mass is 32.2. The van der Waals surface area contributed by atoms with Crippen molar-refractivity contribution in [2.75, 3.05) is 42.6 Å². The zero-order valence-electron chi connectivity index (χ0n) is 18.9. The Morgan fingerprint density at radius 3 is 2.33 bits per heavy atom. The van der Waals surface area contributed by atoms with Crippen LogP contribution in [0, 0.1) is 6.92 Å². The van der Waals surface area contributed by atoms with Crippen molar-refractivity contribution < 1.29 is 26.4 Å². The quantitative estimate of drug-likeness (QED) is 0.602. The van der Waals surface area contributed by atoms with Crippen LogP contribution in [-0.2, 0) is 24.8 Å². The minimum Gasteiger partial charge on any atom is -0.495 e. The van der Waals surface area contributed by atoms with E-state index < -0.39 is 32.5 Å². The van der Waals surface area contributed by atoms with Crippen LogP contribution < -0.4 is 14.4 Å². The van der Waals surface area contributed by atoms with Crippen LogP contribution in [0.5, 0.6) is 5.75 Å². The SMILES string of the molecule is COc1ccc(S(=O)(=O)N2CCCCC2)cc1NC(=O)CN(c1ccccc1C)S(C)(=O)=O. The first-order valence-electron chi connectivity index (χ1n) is 10.6. The number of carbonyl (C=O) groups excluding carboxylic acids is 1. The summed E-state index contributed by atoms with van der Waals surface area (Å²) < 4.78 is 58.6. The summed E-state index contributed by atoms with van der Waals surface area (Å²) in [5.41, 5.74) is 1.24. The van der Waals surface area contributed by atoms with E-state index in [0.717, 1.165) is 29.8 Å². The molecule has 1 aliphatic heterocycles. The normalized spacial score (nSPS) is 15.1. The van der Waals surface area contributed by atoms with Gasteiger partial charge in [-0.3, -0.25) is 9.10 Å². The molecule has 0 spiro atoms. The number of nitrogens with one attached hydrogen (secondary N) is 1. The molecule has 1 N–H and O–H groups in total. The number of anilines is 2. The largest absolute Gasteiger partial charge is 0.495 e. The van der Waals surface area contributed by atoms with Crippen molar-refractivity contribution in [2.45, 2.75) is 31.1 Å². The minimum atomic E-state index is -3.75. The Morgan fingerprint density at radius 2 is 1.73 bits per heavy atom. The molecule has 180 valence electrons. The highest BCUT2D eigenvalue weighted by Gasteiger charge is 2.28. The van der Waals surface area contributed by atoms with Gasteiger partial charge >= 0.3 is 0 Å². The lowest BCUT2D eigenvalue weighted by Gasteiger charge is -2.26. The van der Waals surface area contributed by atoms with E-state index >= 15 is 0 Å². The first kappa shape index (κ1) is 25.0. The summed E-state index contributed by atoms with van der Waals surface area (Å²) in [6.07, 6.45) is 3.63. The van der Waals surface area contributed by atoms with Gasteiger partial charge < -0.3 is 10.1 Å². The number of ether oxygens (including phenoxy) is 1. The third kappa shape index (κ3) is 5.84. The third-order valence-corrected chi connectivity index (χ3v) is 8.49. The molecule has 1 fully saturated rings. The molecule has 9 nitrogen and oxygen atoms in total. The van der Waals surface area contributed by atoms with E-state index in [0.29, 0.717) is 24.3 Å². The van der Waals surface area contributed by atoms with Crippen molar-refractivity contribution in [1.29, 1.82) is 0 Å². The molecule has 11 heteroatoms. The molecule has 2 aromatic carbocycles. The van der Waals surface area contributed by atoms with E-state index in [4.69, 9.17) is 4.74 Å². The van der Waals surface area contributed by atoms with E-state index in [1.807, 2.05) is 0 Å². The third-order valence-electron chi connectivity index (χ3n) is 5.47. The van der Waals surface area contributed by atoms with Crippen LogP contribution in [-0.4, -0.2) is 60.0 Å². The fraction of sp³-hybridized carbons (Fsp3) is 0.409. The zero-order chi connectivity index (χ0) is 24.2. The second-order valence-corrected chi connectivity index (χ2v) is 11.8. The number of hydrogen-bond donors (Lipinski definition) is 1. The summed E-state index contributed by atoms with van der Waals surface area (Å²) in [6.45, 7) is 2.19. The average molecular weight is 496 g/mol. The fourth-order valence-electron chi connectivity index (χ4n) is 3.74. The topological polar surface area (TPSA) is 113 Å². The highest BCUT2D eigenvalue weighted by molar-refractivity contribution is 7.92. The molecule has 3 rings (SSSR count). The van der Waals surface area contributed by atoms with Crippen LogP contribution in [0.4, 0.5) is 11.4 Å². The number of methoxy groups -OCH3 is 1. The van der Waals surface area contributed by atoms with Gasteiger partial charge in [-0.05, 0) is 49.6 Å². The summed E-state index contributed by atoms with van der Waals surface area (Å²) in [4.78, 5) is 12.9. The van der Waals surface area contributed by atoms with Crippen molar-refractivity contribution in [3.63, 3.8) is 0 Å². The van der Waals surface area contributed by atoms with Crippen molar-refractivity contribution >= 4 is 37.3 Å². The van der Waals surface area contributed by atoms with E-state index in [9.17, 15) is 21.6 Å². The van der Waals surface area contributed by atoms with Gasteiger partial charge in [-0.2, -0.15) is 4.31 Å². The Bertz CT molecular complexity index is 1220. The lowest BCUT2D eigenvalue weighted by molar-refractivity contribution is -0.114. The molecule has 1 saturated heterocycles. The molecule has 33 heavy (non-hydrogen) atoms. The molecule has 0 radical (unpaired) electrons. The van der Waals surface area contributed by atoms with Gasteiger partial charge in [0.1, 0.15) is 12.3 Å². The summed E-state index contributed by atoms with van der Waals surface area (Å²) in [7, 11) is -6.07. The summed E-state index contributed by atoms with van der Waals surface area (Å²) in [5.74, 6) is -0.364. The molecule has 1 heterocycles. The first-order valence-corrected chi connectivity index (χ1v) is 13.8. The van der Waals surface area contributed by atoms with Crippen LogP contribution in [0.3, 0.4) is 0 Å². The predicted octanol–water partition coefficient (Wildman–Crippen LogP) is 2.58. The zero-order valence-corrected chi connectivity index (χ0v) is 20.6. The van der Waals surface area contributed by atoms with Gasteiger partial charge in [0.2, 0.25) is 26.0 Å². The summed E-state index contributed by atoms with van der Waals surface area (Å²) >= 11 is 0. The molecule has 0 atom stereocenters. The Balaban J connectivity index is 1.88. The second kappa shape index (κ2) is 10.1. The maximum Gasteiger partial charge on any atom is 0.245 e. The lowest BCUT2D eigenvalue weighted by atomic mass is 10.2. The summed E-state index contributed by atoms with van der Waals surface area (Å²) in [5, 5.41) is 2.62. The van der Waals surface area contributed by atoms with E-state index in [-0.39, 0.29) is 16.3 Å². The van der Waals surface area contributed by atoms with E-state index in [2.05, 4.69) is 5.32 Å². The van der Waals surface area contributed by atoms with Crippen LogP contribution in [0.25, 0.3) is 0 Å². The van der Waals surface area contributed by atoms with Gasteiger partial charge in [0.15, 0.2) is 0 Å². The monoisotopic (exact) mass is 495 g/mol. The lowest BCUT2D eigenvalue weighted by Crippen LogP contribution is -2.38. The maximum absolute atomic E-state index is 13.0. The number of sulfonamides is 2. The van der Waals surface area contributed by atoms with Crippen LogP contribution >= 0.6 is 0 Å². The first-order chi connectivity index (χ1) is 15.5. The number of piperidine rings is 1. The Labute approximate surface area is 195 Å². The van der Waals surface area contributed by atoms with E-state index in [1.165, 1.54) is 29.6 Å². The predicted molar refractivity (Wildman–Crippen MR) is 128 cm³/mol. The molecular weight excluding hydrogens is 466 g/mol. The molecule has 0 aliphatic carbocycles. The number of aryl methyl sites for hydroxylation is 1. The van der Waals surface area contributed by atoms with Gasteiger partial charge in [-0.25, -0.2) is 16.8 Å². The number of rotatable bonds is 8. The Kier molecular flexibility index (Phi) is 7.65. The van der Waals surface area contributed by atoms with Crippen molar-refractivity contribution in [2.24, 2.45) is 0 Å². The van der Waals surface area contributed by atoms with Gasteiger partial charge in [-0.1, -0.05) is 24.6 Å². The molecule has 2 aromatic rings. The molecule has 0 saturated carbocycles. The number of amides is 1. The fourth-order valence-corrected chi connectivity index (χ4v) is 6.20. The molecule has 0 aromatic heterocycles. The Hall–Kier alpha value is -2.63. The van der Waals surface area contributed by atoms with Gasteiger partial charge in [0.25, 0.3) is 0 Å². The van der Waals surface area contributed by atoms with Crippen LogP contribution in [0.2, 0.25) is 0 Å². The van der Waals surface area contributed by atoms with Crippen molar-refractivity contribution in [1.82, 2.24) is 4.31 Å². The minimum absolute atomic E-state index is 0.0411. The number of hydrogen-bond acceptors (Lipinski definition) is 6. The van der Waals surface area contributed by atoms with Crippen molar-refractivity contribution in [3.8, 4) is 5.75 Å². The molecule has 0 bridgehead atoms. The number of benzene rings is 2. The van der Waals surface area contributed by atoms with Gasteiger partial charge in [-0.15, -0.1) is 0 Å². The smallest absolute Gasteiger partial charge is 0.245 e. The maximum atomic E-state index is 13.0. The summed E-state index contributed by atoms with van der Waals surface area (Å²) in [6, 6.07) is 11.1. The number of nitrogens with zero attached hydrogens (tertiary/aromatic N) is 2. The molecule has 0 unspecified atom stereocenters.